The van der Waals surface area contributed by atoms with E-state index in [2.05, 4.69) is 146 Å². The minimum Gasteiger partial charge on any atom is -0.507 e. The number of phenols is 4. The van der Waals surface area contributed by atoms with Crippen LogP contribution in [0, 0.1) is 13.8 Å². The van der Waals surface area contributed by atoms with E-state index in [0.717, 1.165) is 152 Å². The van der Waals surface area contributed by atoms with Gasteiger partial charge in [0.15, 0.2) is 0 Å². The number of phenolic OH excluding ortho intramolecular Hbond substituents is 4. The zero-order valence-electron chi connectivity index (χ0n) is 50.0. The molecule has 4 unspecified atom stereocenters. The van der Waals surface area contributed by atoms with Gasteiger partial charge < -0.3 is 20.4 Å². The predicted molar refractivity (Wildman–Crippen MR) is 324 cm³/mol. The molecule has 0 spiro atoms. The Kier molecular flexibility index (Phi) is 17.4. The van der Waals surface area contributed by atoms with Crippen molar-refractivity contribution in [3.8, 4) is 23.0 Å². The Bertz CT molecular complexity index is 2780. The van der Waals surface area contributed by atoms with Crippen LogP contribution in [0.15, 0.2) is 68.5 Å². The number of hydrogen-bond donors (Lipinski definition) is 4. The van der Waals surface area contributed by atoms with Crippen LogP contribution in [0.5, 0.6) is 23.0 Å². The molecule has 4 N–H and O–H groups in total. The van der Waals surface area contributed by atoms with Gasteiger partial charge in [-0.2, -0.15) is 0 Å². The zero-order valence-corrected chi connectivity index (χ0v) is 50.0. The van der Waals surface area contributed by atoms with Crippen molar-refractivity contribution < 1.29 is 25.0 Å². The Balaban J connectivity index is 1.05. The second-order valence-electron chi connectivity index (χ2n) is 27.4. The summed E-state index contributed by atoms with van der Waals surface area (Å²) >= 11 is 0. The lowest BCUT2D eigenvalue weighted by atomic mass is 9.84. The minimum atomic E-state index is -0.175. The van der Waals surface area contributed by atoms with E-state index in [4.69, 9.17) is 20.0 Å². The van der Waals surface area contributed by atoms with E-state index in [1.165, 1.54) is 11.1 Å². The molecule has 4 aromatic carbocycles. The van der Waals surface area contributed by atoms with Crippen LogP contribution in [0.3, 0.4) is 0 Å². The van der Waals surface area contributed by atoms with Crippen molar-refractivity contribution in [1.29, 1.82) is 0 Å². The number of hydrogen-bond acceptors (Lipinski definition) is 10. The van der Waals surface area contributed by atoms with Crippen LogP contribution in [0.1, 0.15) is 214 Å². The van der Waals surface area contributed by atoms with Crippen molar-refractivity contribution in [2.24, 2.45) is 20.0 Å². The molecular formula is C67H94N7O4+. The Morgan fingerprint density at radius 2 is 0.705 bits per heavy atom. The topological polar surface area (TPSA) is 140 Å². The molecular weight excluding hydrogens is 967 g/mol. The third kappa shape index (κ3) is 13.7. The average molecular weight is 1060 g/mol. The summed E-state index contributed by atoms with van der Waals surface area (Å²) in [6.07, 6.45) is 17.5. The molecule has 8 rings (SSSR count). The van der Waals surface area contributed by atoms with Gasteiger partial charge in [-0.1, -0.05) is 121 Å². The summed E-state index contributed by atoms with van der Waals surface area (Å²) in [7, 11) is 0. The van der Waals surface area contributed by atoms with Gasteiger partial charge in [0, 0.05) is 71.1 Å². The molecule has 0 amide bonds. The standard InChI is InChI=1S/C67H93N7O4/c1-43-29-51(64(3,4)5)31-45(59(43)75)37-68-55-21-15-17-23-57(55)70-39-47-33-53(66(9,10)11)35-49(61(47)77)41-73-27-19-25-72-26-20-28-74(63(72)73)42-50-36-54(67(12,13)14)34-48(62(50)78)40-71-58-24-18-16-22-56(58)69-38-46-32-52(65(6,7)8)30-44(2)60(46)76/h29-40,55-58H,15-28,41-42H2,1-14H3,(H3-,68,69,70,71,75,76,77,78)/p+1. The molecule has 2 fully saturated rings. The second kappa shape index (κ2) is 23.4. The molecule has 2 saturated carbocycles. The number of aromatic hydroxyl groups is 4. The molecule has 2 heterocycles. The Morgan fingerprint density at radius 3 is 1.00 bits per heavy atom. The molecule has 0 radical (unpaired) electrons. The zero-order chi connectivity index (χ0) is 56.5. The van der Waals surface area contributed by atoms with Gasteiger partial charge in [0.05, 0.1) is 63.4 Å². The van der Waals surface area contributed by atoms with Crippen LogP contribution in [0.4, 0.5) is 0 Å². The first kappa shape index (κ1) is 58.2. The first-order valence-corrected chi connectivity index (χ1v) is 29.3. The van der Waals surface area contributed by atoms with E-state index in [9.17, 15) is 20.4 Å². The van der Waals surface area contributed by atoms with Crippen molar-refractivity contribution in [3.05, 3.63) is 115 Å². The highest BCUT2D eigenvalue weighted by molar-refractivity contribution is 5.88. The molecule has 2 aliphatic carbocycles. The monoisotopic (exact) mass is 1060 g/mol. The maximum Gasteiger partial charge on any atom is 0.351 e. The number of guanidine groups is 1. The lowest BCUT2D eigenvalue weighted by Gasteiger charge is -2.37. The first-order chi connectivity index (χ1) is 36.6. The van der Waals surface area contributed by atoms with Crippen LogP contribution in [0.25, 0.3) is 0 Å². The second-order valence-corrected chi connectivity index (χ2v) is 27.4. The molecule has 0 bridgehead atoms. The highest BCUT2D eigenvalue weighted by Crippen LogP contribution is 2.37. The van der Waals surface area contributed by atoms with Crippen molar-refractivity contribution in [3.63, 3.8) is 0 Å². The van der Waals surface area contributed by atoms with Gasteiger partial charge in [0.1, 0.15) is 23.0 Å². The summed E-state index contributed by atoms with van der Waals surface area (Å²) in [6, 6.07) is 16.7. The lowest BCUT2D eigenvalue weighted by molar-refractivity contribution is -0.550. The van der Waals surface area contributed by atoms with E-state index in [0.29, 0.717) is 13.1 Å². The molecule has 0 aromatic heterocycles. The van der Waals surface area contributed by atoms with Crippen LogP contribution < -0.4 is 0 Å². The fourth-order valence-electron chi connectivity index (χ4n) is 11.7. The van der Waals surface area contributed by atoms with Crippen molar-refractivity contribution in [2.45, 2.75) is 220 Å². The van der Waals surface area contributed by atoms with Crippen LogP contribution in [0.2, 0.25) is 0 Å². The summed E-state index contributed by atoms with van der Waals surface area (Å²) in [5, 5.41) is 46.7. The average Bonchev–Trinajstić information content (AvgIpc) is 3.40. The van der Waals surface area contributed by atoms with Gasteiger partial charge in [-0.15, -0.1) is 0 Å². The first-order valence-electron chi connectivity index (χ1n) is 29.3. The molecule has 0 saturated heterocycles. The summed E-state index contributed by atoms with van der Waals surface area (Å²) in [6.45, 7) is 35.0. The van der Waals surface area contributed by atoms with Gasteiger partial charge in [-0.05, 0) is 131 Å². The van der Waals surface area contributed by atoms with Crippen molar-refractivity contribution in [1.82, 2.24) is 9.80 Å². The molecule has 4 atom stereocenters. The number of nitrogens with zero attached hydrogens (tertiary/aromatic N) is 7. The highest BCUT2D eigenvalue weighted by Gasteiger charge is 2.37. The molecule has 4 aliphatic rings. The van der Waals surface area contributed by atoms with Gasteiger partial charge in [0.2, 0.25) is 0 Å². The molecule has 11 heteroatoms. The predicted octanol–water partition coefficient (Wildman–Crippen LogP) is 13.5. The normalized spacial score (nSPS) is 21.3. The third-order valence-corrected chi connectivity index (χ3v) is 16.9. The summed E-state index contributed by atoms with van der Waals surface area (Å²) < 4.78 is 2.50. The number of benzene rings is 4. The SMILES string of the molecule is Cc1cc(C(C)(C)C)cc(C=NC2CCCCC2N=Cc2cc(C(C)(C)C)cc(CN3CCC[N+]4=C3N(Cc3cc(C(C)(C)C)cc(C=NC5CCCCC5N=Cc5cc(C(C)(C)C)cc(C)c5O)c3O)CCC4)c2O)c1O. The van der Waals surface area contributed by atoms with E-state index in [1.54, 1.807) is 0 Å². The molecule has 78 heavy (non-hydrogen) atoms. The Morgan fingerprint density at radius 1 is 0.423 bits per heavy atom. The maximum atomic E-state index is 12.3. The third-order valence-electron chi connectivity index (χ3n) is 16.9. The summed E-state index contributed by atoms with van der Waals surface area (Å²) in [5.74, 6) is 2.22. The van der Waals surface area contributed by atoms with Crippen LogP contribution in [-0.2, 0) is 34.7 Å². The van der Waals surface area contributed by atoms with Crippen LogP contribution >= 0.6 is 0 Å². The number of aryl methyl sites for hydroxylation is 2. The minimum absolute atomic E-state index is 0.0292. The quantitative estimate of drug-likeness (QED) is 0.0823. The van der Waals surface area contributed by atoms with Crippen molar-refractivity contribution in [2.75, 3.05) is 26.2 Å². The molecule has 420 valence electrons. The maximum absolute atomic E-state index is 12.3. The van der Waals surface area contributed by atoms with E-state index in [1.807, 2.05) is 38.7 Å². The van der Waals surface area contributed by atoms with E-state index < -0.39 is 0 Å². The van der Waals surface area contributed by atoms with Crippen LogP contribution in [-0.4, -0.2) is 116 Å². The van der Waals surface area contributed by atoms with E-state index >= 15 is 0 Å². The Labute approximate surface area is 468 Å². The Hall–Kier alpha value is -5.97. The van der Waals surface area contributed by atoms with Gasteiger partial charge in [-0.25, -0.2) is 0 Å². The number of rotatable bonds is 12. The smallest absolute Gasteiger partial charge is 0.351 e. The molecule has 11 nitrogen and oxygen atoms in total. The van der Waals surface area contributed by atoms with Gasteiger partial charge >= 0.3 is 5.96 Å². The fourth-order valence-corrected chi connectivity index (χ4v) is 11.7. The number of aliphatic imine (C=N–C) groups is 4. The molecule has 4 aromatic rings. The summed E-state index contributed by atoms with van der Waals surface area (Å²) in [5.41, 5.74) is 10.5. The van der Waals surface area contributed by atoms with E-state index in [-0.39, 0.29) is 68.8 Å². The fraction of sp³-hybridized carbons (Fsp3) is 0.567. The summed E-state index contributed by atoms with van der Waals surface area (Å²) in [4.78, 5) is 25.5. The van der Waals surface area contributed by atoms with Gasteiger partial charge in [-0.3, -0.25) is 34.3 Å². The lowest BCUT2D eigenvalue weighted by Crippen LogP contribution is -2.56. The highest BCUT2D eigenvalue weighted by atomic mass is 16.3. The largest absolute Gasteiger partial charge is 0.507 e. The molecule has 2 aliphatic heterocycles. The van der Waals surface area contributed by atoms with Crippen molar-refractivity contribution >= 4 is 30.8 Å². The van der Waals surface area contributed by atoms with Gasteiger partial charge in [0.25, 0.3) is 0 Å².